The summed E-state index contributed by atoms with van der Waals surface area (Å²) in [7, 11) is 1.52. The van der Waals surface area contributed by atoms with Crippen LogP contribution in [0.25, 0.3) is 0 Å². The molecule has 2 bridgehead atoms. The molecule has 1 aromatic carbocycles. The molecule has 1 saturated heterocycles. The van der Waals surface area contributed by atoms with Crippen molar-refractivity contribution in [1.29, 1.82) is 0 Å². The van der Waals surface area contributed by atoms with Gasteiger partial charge in [-0.3, -0.25) is 9.59 Å². The van der Waals surface area contributed by atoms with Crippen LogP contribution in [0.3, 0.4) is 0 Å². The number of methoxy groups -OCH3 is 1. The fourth-order valence-electron chi connectivity index (χ4n) is 4.42. The van der Waals surface area contributed by atoms with Crippen molar-refractivity contribution < 1.29 is 14.3 Å². The van der Waals surface area contributed by atoms with E-state index in [9.17, 15) is 9.59 Å². The molecule has 4 rings (SSSR count). The summed E-state index contributed by atoms with van der Waals surface area (Å²) in [5.41, 5.74) is 0.445. The van der Waals surface area contributed by atoms with Gasteiger partial charge in [0.2, 0.25) is 11.8 Å². The molecule has 23 heavy (non-hydrogen) atoms. The molecule has 2 saturated carbocycles. The maximum Gasteiger partial charge on any atom is 0.238 e. The van der Waals surface area contributed by atoms with Gasteiger partial charge in [-0.05, 0) is 36.5 Å². The lowest BCUT2D eigenvalue weighted by atomic mass is 9.81. The minimum atomic E-state index is -0.241. The molecule has 0 N–H and O–H groups in total. The second kappa shape index (κ2) is 5.46. The van der Waals surface area contributed by atoms with Crippen molar-refractivity contribution in [2.75, 3.05) is 12.0 Å². The first-order chi connectivity index (χ1) is 11.0. The molecule has 0 radical (unpaired) electrons. The molecule has 0 aromatic heterocycles. The van der Waals surface area contributed by atoms with E-state index in [1.165, 1.54) is 12.0 Å². The molecular formula is C16H14Br2ClNO3. The number of hydrogen-bond donors (Lipinski definition) is 0. The van der Waals surface area contributed by atoms with Gasteiger partial charge in [-0.2, -0.15) is 0 Å². The van der Waals surface area contributed by atoms with Crippen molar-refractivity contribution >= 4 is 61.0 Å². The van der Waals surface area contributed by atoms with Crippen LogP contribution >= 0.6 is 43.5 Å². The lowest BCUT2D eigenvalue weighted by Crippen LogP contribution is -2.37. The summed E-state index contributed by atoms with van der Waals surface area (Å²) in [5, 5.41) is 0.471. The molecule has 3 fully saturated rings. The Labute approximate surface area is 155 Å². The van der Waals surface area contributed by atoms with E-state index in [-0.39, 0.29) is 45.1 Å². The second-order valence-corrected chi connectivity index (χ2v) is 8.88. The van der Waals surface area contributed by atoms with E-state index in [0.29, 0.717) is 16.5 Å². The normalized spacial score (nSPS) is 38.3. The van der Waals surface area contributed by atoms with Crippen LogP contribution in [-0.4, -0.2) is 28.6 Å². The molecule has 6 unspecified atom stereocenters. The van der Waals surface area contributed by atoms with E-state index in [2.05, 4.69) is 31.9 Å². The number of fused-ring (bicyclic) bond motifs is 5. The highest BCUT2D eigenvalue weighted by molar-refractivity contribution is 9.12. The lowest BCUT2D eigenvalue weighted by molar-refractivity contribution is -0.123. The van der Waals surface area contributed by atoms with Gasteiger partial charge in [-0.25, -0.2) is 4.90 Å². The van der Waals surface area contributed by atoms with Crippen LogP contribution in [0.2, 0.25) is 5.02 Å². The highest BCUT2D eigenvalue weighted by atomic mass is 79.9. The number of imide groups is 1. The molecule has 1 aliphatic heterocycles. The van der Waals surface area contributed by atoms with E-state index in [0.717, 1.165) is 6.42 Å². The Morgan fingerprint density at radius 1 is 1.13 bits per heavy atom. The van der Waals surface area contributed by atoms with Gasteiger partial charge in [-0.1, -0.05) is 43.5 Å². The number of benzene rings is 1. The number of ether oxygens (including phenoxy) is 1. The molecule has 4 nitrogen and oxygen atoms in total. The van der Waals surface area contributed by atoms with Crippen LogP contribution in [0, 0.1) is 23.7 Å². The SMILES string of the molecule is COc1ccc(Cl)cc1N1C(=O)C2C3CC(C(Br)C3Br)C2C1=O. The molecule has 1 aromatic rings. The minimum absolute atomic E-state index is 0.128. The van der Waals surface area contributed by atoms with Crippen LogP contribution in [0.5, 0.6) is 5.75 Å². The van der Waals surface area contributed by atoms with Gasteiger partial charge >= 0.3 is 0 Å². The average molecular weight is 464 g/mol. The van der Waals surface area contributed by atoms with Crippen molar-refractivity contribution in [3.63, 3.8) is 0 Å². The van der Waals surface area contributed by atoms with E-state index in [1.807, 2.05) is 0 Å². The largest absolute Gasteiger partial charge is 0.495 e. The van der Waals surface area contributed by atoms with Gasteiger partial charge in [0.05, 0.1) is 24.6 Å². The molecular weight excluding hydrogens is 449 g/mol. The van der Waals surface area contributed by atoms with Crippen LogP contribution in [0.15, 0.2) is 18.2 Å². The molecule has 2 amide bonds. The van der Waals surface area contributed by atoms with Gasteiger partial charge in [0.1, 0.15) is 5.75 Å². The summed E-state index contributed by atoms with van der Waals surface area (Å²) >= 11 is 13.4. The predicted octanol–water partition coefficient (Wildman–Crippen LogP) is 3.63. The third kappa shape index (κ3) is 2.07. The van der Waals surface area contributed by atoms with E-state index in [4.69, 9.17) is 16.3 Å². The third-order valence-electron chi connectivity index (χ3n) is 5.37. The summed E-state index contributed by atoms with van der Waals surface area (Å²) < 4.78 is 5.32. The lowest BCUT2D eigenvalue weighted by Gasteiger charge is -2.28. The Hall–Kier alpha value is -0.590. The van der Waals surface area contributed by atoms with Crippen LogP contribution in [-0.2, 0) is 9.59 Å². The Bertz CT molecular complexity index is 681. The number of anilines is 1. The summed E-state index contributed by atoms with van der Waals surface area (Å²) in [6, 6.07) is 4.99. The number of halogens is 3. The quantitative estimate of drug-likeness (QED) is 0.497. The fourth-order valence-corrected chi connectivity index (χ4v) is 6.46. The van der Waals surface area contributed by atoms with Gasteiger partial charge in [-0.15, -0.1) is 0 Å². The van der Waals surface area contributed by atoms with Gasteiger partial charge < -0.3 is 4.74 Å². The summed E-state index contributed by atoms with van der Waals surface area (Å²) in [6.07, 6.45) is 0.916. The highest BCUT2D eigenvalue weighted by Crippen LogP contribution is 2.60. The summed E-state index contributed by atoms with van der Waals surface area (Å²) in [6.45, 7) is 0. The van der Waals surface area contributed by atoms with Gasteiger partial charge in [0.25, 0.3) is 0 Å². The van der Waals surface area contributed by atoms with Crippen molar-refractivity contribution in [1.82, 2.24) is 0 Å². The molecule has 122 valence electrons. The predicted molar refractivity (Wildman–Crippen MR) is 94.5 cm³/mol. The first kappa shape index (κ1) is 15.9. The molecule has 2 aliphatic carbocycles. The fraction of sp³-hybridized carbons (Fsp3) is 0.500. The number of hydrogen-bond acceptors (Lipinski definition) is 3. The first-order valence-electron chi connectivity index (χ1n) is 7.45. The van der Waals surface area contributed by atoms with E-state index < -0.39 is 0 Å². The zero-order chi connectivity index (χ0) is 16.5. The maximum absolute atomic E-state index is 13.0. The zero-order valence-corrected chi connectivity index (χ0v) is 16.1. The van der Waals surface area contributed by atoms with E-state index in [1.54, 1.807) is 18.2 Å². The first-order valence-corrected chi connectivity index (χ1v) is 9.66. The minimum Gasteiger partial charge on any atom is -0.495 e. The number of carbonyl (C=O) groups excluding carboxylic acids is 2. The van der Waals surface area contributed by atoms with Crippen molar-refractivity contribution in [2.24, 2.45) is 23.7 Å². The molecule has 0 spiro atoms. The van der Waals surface area contributed by atoms with Crippen LogP contribution in [0.4, 0.5) is 5.69 Å². The molecule has 6 atom stereocenters. The Balaban J connectivity index is 1.78. The summed E-state index contributed by atoms with van der Waals surface area (Å²) in [4.78, 5) is 27.7. The standard InChI is InChI=1S/C16H14Br2ClNO3/c1-23-10-3-2-6(19)4-9(10)20-15(21)11-7-5-8(12(11)16(20)22)14(18)13(7)17/h2-4,7-8,11-14H,5H2,1H3. The molecule has 3 aliphatic rings. The number of rotatable bonds is 2. The third-order valence-corrected chi connectivity index (χ3v) is 8.81. The topological polar surface area (TPSA) is 46.6 Å². The van der Waals surface area contributed by atoms with E-state index >= 15 is 0 Å². The number of amides is 2. The van der Waals surface area contributed by atoms with Crippen LogP contribution < -0.4 is 9.64 Å². The Morgan fingerprint density at radius 2 is 1.70 bits per heavy atom. The number of carbonyl (C=O) groups is 2. The van der Waals surface area contributed by atoms with Crippen molar-refractivity contribution in [3.05, 3.63) is 23.2 Å². The summed E-state index contributed by atoms with van der Waals surface area (Å²) in [5.74, 6) is 0.133. The highest BCUT2D eigenvalue weighted by Gasteiger charge is 2.66. The van der Waals surface area contributed by atoms with Gasteiger partial charge in [0.15, 0.2) is 0 Å². The second-order valence-electron chi connectivity index (χ2n) is 6.33. The number of nitrogens with zero attached hydrogens (tertiary/aromatic N) is 1. The van der Waals surface area contributed by atoms with Crippen molar-refractivity contribution in [2.45, 2.75) is 16.1 Å². The van der Waals surface area contributed by atoms with Crippen LogP contribution in [0.1, 0.15) is 6.42 Å². The average Bonchev–Trinajstić information content (AvgIpc) is 3.12. The number of alkyl halides is 2. The smallest absolute Gasteiger partial charge is 0.238 e. The Kier molecular flexibility index (Phi) is 3.78. The maximum atomic E-state index is 13.0. The Morgan fingerprint density at radius 3 is 2.22 bits per heavy atom. The van der Waals surface area contributed by atoms with Crippen molar-refractivity contribution in [3.8, 4) is 5.75 Å². The molecule has 7 heteroatoms. The van der Waals surface area contributed by atoms with Gasteiger partial charge in [0, 0.05) is 14.7 Å². The zero-order valence-electron chi connectivity index (χ0n) is 12.2. The molecule has 1 heterocycles. The monoisotopic (exact) mass is 461 g/mol.